The van der Waals surface area contributed by atoms with Gasteiger partial charge in [-0.3, -0.25) is 14.5 Å². The van der Waals surface area contributed by atoms with Crippen LogP contribution in [0.5, 0.6) is 0 Å². The van der Waals surface area contributed by atoms with Crippen LogP contribution in [0.3, 0.4) is 0 Å². The lowest BCUT2D eigenvalue weighted by Crippen LogP contribution is -2.29. The largest absolute Gasteiger partial charge is 0.507 e. The van der Waals surface area contributed by atoms with E-state index < -0.39 is 23.5 Å². The SMILES string of the molecule is Cc1ccc(C(C)(C)C)cc1/C(O)=C1\C(=O)C(=O)N(c2ccc(F)c(Cl)c2)C1c1ccc(C(C)(C)C)cc1. The van der Waals surface area contributed by atoms with Crippen LogP contribution in [0.15, 0.2) is 66.2 Å². The Morgan fingerprint density at radius 1 is 0.868 bits per heavy atom. The fourth-order valence-corrected chi connectivity index (χ4v) is 4.88. The van der Waals surface area contributed by atoms with Crippen LogP contribution in [0.1, 0.15) is 75.4 Å². The first-order chi connectivity index (χ1) is 17.6. The highest BCUT2D eigenvalue weighted by Gasteiger charge is 2.47. The number of hydrogen-bond donors (Lipinski definition) is 1. The molecule has 1 fully saturated rings. The predicted octanol–water partition coefficient (Wildman–Crippen LogP) is 8.01. The Labute approximate surface area is 228 Å². The molecule has 0 spiro atoms. The van der Waals surface area contributed by atoms with Crippen molar-refractivity contribution in [1.29, 1.82) is 0 Å². The predicted molar refractivity (Wildman–Crippen MR) is 151 cm³/mol. The Bertz CT molecular complexity index is 1460. The number of nitrogens with zero attached hydrogens (tertiary/aromatic N) is 1. The molecule has 0 saturated carbocycles. The number of aliphatic hydroxyl groups excluding tert-OH is 1. The van der Waals surface area contributed by atoms with E-state index in [1.165, 1.54) is 17.0 Å². The highest BCUT2D eigenvalue weighted by molar-refractivity contribution is 6.51. The minimum absolute atomic E-state index is 0.0203. The molecule has 198 valence electrons. The molecule has 1 amide bonds. The molecular formula is C32H33ClFNO3. The number of hydrogen-bond acceptors (Lipinski definition) is 3. The zero-order chi connectivity index (χ0) is 28.2. The van der Waals surface area contributed by atoms with Crippen LogP contribution in [0.4, 0.5) is 10.1 Å². The second-order valence-electron chi connectivity index (χ2n) is 11.9. The minimum Gasteiger partial charge on any atom is -0.507 e. The van der Waals surface area contributed by atoms with Crippen molar-refractivity contribution < 1.29 is 19.1 Å². The van der Waals surface area contributed by atoms with Gasteiger partial charge in [0.1, 0.15) is 11.6 Å². The Balaban J connectivity index is 1.98. The van der Waals surface area contributed by atoms with Gasteiger partial charge in [0.25, 0.3) is 11.7 Å². The van der Waals surface area contributed by atoms with E-state index >= 15 is 0 Å². The topological polar surface area (TPSA) is 57.6 Å². The van der Waals surface area contributed by atoms with Gasteiger partial charge in [0, 0.05) is 11.3 Å². The number of anilines is 1. The van der Waals surface area contributed by atoms with Gasteiger partial charge in [0.15, 0.2) is 0 Å². The number of amides is 1. The molecule has 4 rings (SSSR count). The van der Waals surface area contributed by atoms with E-state index in [1.54, 1.807) is 0 Å². The van der Waals surface area contributed by atoms with Gasteiger partial charge in [-0.2, -0.15) is 0 Å². The van der Waals surface area contributed by atoms with Crippen molar-refractivity contribution in [3.05, 3.63) is 105 Å². The third kappa shape index (κ3) is 5.00. The van der Waals surface area contributed by atoms with Gasteiger partial charge in [-0.1, -0.05) is 89.5 Å². The quantitative estimate of drug-likeness (QED) is 0.211. The summed E-state index contributed by atoms with van der Waals surface area (Å²) in [7, 11) is 0. The Hall–Kier alpha value is -3.44. The lowest BCUT2D eigenvalue weighted by atomic mass is 9.84. The zero-order valence-electron chi connectivity index (χ0n) is 22.8. The van der Waals surface area contributed by atoms with Gasteiger partial charge >= 0.3 is 0 Å². The van der Waals surface area contributed by atoms with Crippen molar-refractivity contribution in [2.45, 2.75) is 65.3 Å². The van der Waals surface area contributed by atoms with Gasteiger partial charge in [-0.05, 0) is 64.3 Å². The van der Waals surface area contributed by atoms with E-state index in [-0.39, 0.29) is 32.9 Å². The maximum atomic E-state index is 14.0. The maximum Gasteiger partial charge on any atom is 0.300 e. The fraction of sp³-hybridized carbons (Fsp3) is 0.312. The number of carbonyl (C=O) groups excluding carboxylic acids is 2. The van der Waals surface area contributed by atoms with E-state index in [0.717, 1.165) is 22.8 Å². The highest BCUT2D eigenvalue weighted by Crippen LogP contribution is 2.44. The number of aliphatic hydroxyl groups is 1. The molecule has 3 aromatic rings. The summed E-state index contributed by atoms with van der Waals surface area (Å²) in [6, 6.07) is 16.4. The van der Waals surface area contributed by atoms with Crippen molar-refractivity contribution in [2.75, 3.05) is 4.90 Å². The molecule has 0 radical (unpaired) electrons. The summed E-state index contributed by atoms with van der Waals surface area (Å²) in [6.45, 7) is 14.3. The summed E-state index contributed by atoms with van der Waals surface area (Å²) in [5.41, 5.74) is 3.92. The Morgan fingerprint density at radius 2 is 1.45 bits per heavy atom. The summed E-state index contributed by atoms with van der Waals surface area (Å²) in [5, 5.41) is 11.5. The number of carbonyl (C=O) groups is 2. The summed E-state index contributed by atoms with van der Waals surface area (Å²) in [6.07, 6.45) is 0. The molecular weight excluding hydrogens is 501 g/mol. The molecule has 1 heterocycles. The molecule has 1 saturated heterocycles. The molecule has 1 aliphatic rings. The average Bonchev–Trinajstić information content (AvgIpc) is 3.10. The van der Waals surface area contributed by atoms with Crippen LogP contribution in [0.2, 0.25) is 5.02 Å². The van der Waals surface area contributed by atoms with Crippen molar-refractivity contribution in [3.8, 4) is 0 Å². The average molecular weight is 534 g/mol. The third-order valence-electron chi connectivity index (χ3n) is 7.08. The van der Waals surface area contributed by atoms with E-state index in [1.807, 2.05) is 49.4 Å². The number of aryl methyl sites for hydroxylation is 1. The van der Waals surface area contributed by atoms with E-state index in [0.29, 0.717) is 11.1 Å². The maximum absolute atomic E-state index is 14.0. The van der Waals surface area contributed by atoms with Crippen molar-refractivity contribution in [1.82, 2.24) is 0 Å². The van der Waals surface area contributed by atoms with E-state index in [2.05, 4.69) is 41.5 Å². The smallest absolute Gasteiger partial charge is 0.300 e. The molecule has 3 aromatic carbocycles. The lowest BCUT2D eigenvalue weighted by molar-refractivity contribution is -0.132. The Morgan fingerprint density at radius 3 is 2.00 bits per heavy atom. The fourth-order valence-electron chi connectivity index (χ4n) is 4.70. The number of benzene rings is 3. The molecule has 1 N–H and O–H groups in total. The van der Waals surface area contributed by atoms with Crippen molar-refractivity contribution in [2.24, 2.45) is 0 Å². The second kappa shape index (κ2) is 9.70. The highest BCUT2D eigenvalue weighted by atomic mass is 35.5. The van der Waals surface area contributed by atoms with Crippen molar-refractivity contribution in [3.63, 3.8) is 0 Å². The third-order valence-corrected chi connectivity index (χ3v) is 7.37. The standard InChI is InChI=1S/C32H33ClFNO3/c1-18-8-11-21(32(5,6)7)16-23(18)28(36)26-27(19-9-12-20(13-10-19)31(2,3)4)35(30(38)29(26)37)22-14-15-25(34)24(33)17-22/h8-17,27,36H,1-7H3/b28-26+. The van der Waals surface area contributed by atoms with Crippen molar-refractivity contribution >= 4 is 34.7 Å². The molecule has 1 aliphatic heterocycles. The first-order valence-corrected chi connectivity index (χ1v) is 13.0. The molecule has 4 nitrogen and oxygen atoms in total. The molecule has 38 heavy (non-hydrogen) atoms. The van der Waals surface area contributed by atoms with Crippen LogP contribution in [0, 0.1) is 12.7 Å². The number of ketones is 1. The van der Waals surface area contributed by atoms with Crippen LogP contribution < -0.4 is 4.90 Å². The first kappa shape index (κ1) is 27.6. The molecule has 0 aromatic heterocycles. The second-order valence-corrected chi connectivity index (χ2v) is 12.3. The number of halogens is 2. The van der Waals surface area contributed by atoms with Crippen LogP contribution in [-0.2, 0) is 20.4 Å². The zero-order valence-corrected chi connectivity index (χ0v) is 23.6. The molecule has 1 atom stereocenters. The first-order valence-electron chi connectivity index (χ1n) is 12.6. The molecule has 1 unspecified atom stereocenters. The van der Waals surface area contributed by atoms with Gasteiger partial charge < -0.3 is 5.11 Å². The van der Waals surface area contributed by atoms with Crippen LogP contribution >= 0.6 is 11.6 Å². The normalized spacial score (nSPS) is 17.8. The lowest BCUT2D eigenvalue weighted by Gasteiger charge is -2.27. The molecule has 6 heteroatoms. The van der Waals surface area contributed by atoms with Crippen LogP contribution in [0.25, 0.3) is 5.76 Å². The molecule has 0 aliphatic carbocycles. The summed E-state index contributed by atoms with van der Waals surface area (Å²) in [5.74, 6) is -2.50. The van der Waals surface area contributed by atoms with E-state index in [9.17, 15) is 19.1 Å². The van der Waals surface area contributed by atoms with Crippen LogP contribution in [-0.4, -0.2) is 16.8 Å². The Kier molecular flexibility index (Phi) is 7.04. The van der Waals surface area contributed by atoms with Gasteiger partial charge in [0.2, 0.25) is 0 Å². The van der Waals surface area contributed by atoms with Gasteiger partial charge in [-0.25, -0.2) is 4.39 Å². The summed E-state index contributed by atoms with van der Waals surface area (Å²) >= 11 is 6.06. The van der Waals surface area contributed by atoms with E-state index in [4.69, 9.17) is 11.6 Å². The van der Waals surface area contributed by atoms with Gasteiger partial charge in [-0.15, -0.1) is 0 Å². The summed E-state index contributed by atoms with van der Waals surface area (Å²) < 4.78 is 14.0. The number of rotatable bonds is 3. The minimum atomic E-state index is -0.928. The van der Waals surface area contributed by atoms with Gasteiger partial charge in [0.05, 0.1) is 16.6 Å². The molecule has 0 bridgehead atoms. The summed E-state index contributed by atoms with van der Waals surface area (Å²) in [4.78, 5) is 28.3. The monoisotopic (exact) mass is 533 g/mol. The number of Topliss-reactive ketones (excluding diaryl/α,β-unsaturated/α-hetero) is 1.